The van der Waals surface area contributed by atoms with Gasteiger partial charge in [0.25, 0.3) is 0 Å². The average molecular weight is 239 g/mol. The minimum Gasteiger partial charge on any atom is -0.295 e. The van der Waals surface area contributed by atoms with E-state index in [-0.39, 0.29) is 0 Å². The molecule has 1 heterocycles. The first-order chi connectivity index (χ1) is 7.73. The number of hydrogen-bond donors (Lipinski definition) is 0. The van der Waals surface area contributed by atoms with Gasteiger partial charge in [0.05, 0.1) is 0 Å². The van der Waals surface area contributed by atoms with Crippen LogP contribution in [0.3, 0.4) is 0 Å². The van der Waals surface area contributed by atoms with Crippen molar-refractivity contribution in [1.29, 1.82) is 0 Å². The van der Waals surface area contributed by atoms with Crippen LogP contribution in [-0.2, 0) is 0 Å². The third kappa shape index (κ3) is 4.62. The van der Waals surface area contributed by atoms with E-state index in [2.05, 4.69) is 46.4 Å². The van der Waals surface area contributed by atoms with E-state index in [1.54, 1.807) is 0 Å². The summed E-state index contributed by atoms with van der Waals surface area (Å²) >= 11 is 0. The summed E-state index contributed by atoms with van der Waals surface area (Å²) in [7, 11) is 0. The molecule has 0 spiro atoms. The lowest BCUT2D eigenvalue weighted by Crippen LogP contribution is -2.53. The van der Waals surface area contributed by atoms with Gasteiger partial charge in [-0.25, -0.2) is 0 Å². The number of nitrogens with zero attached hydrogens (tertiary/aromatic N) is 1. The van der Waals surface area contributed by atoms with Gasteiger partial charge >= 0.3 is 0 Å². The fraction of sp³-hybridized carbons (Fsp3) is 1.00. The molecule has 1 aliphatic heterocycles. The van der Waals surface area contributed by atoms with Crippen LogP contribution < -0.4 is 0 Å². The van der Waals surface area contributed by atoms with E-state index in [0.717, 1.165) is 6.04 Å². The first kappa shape index (κ1) is 15.0. The van der Waals surface area contributed by atoms with Crippen LogP contribution in [0.25, 0.3) is 0 Å². The second-order valence-electron chi connectivity index (χ2n) is 7.80. The van der Waals surface area contributed by atoms with Crippen LogP contribution in [0.4, 0.5) is 0 Å². The second-order valence-corrected chi connectivity index (χ2v) is 7.80. The highest BCUT2D eigenvalue weighted by Gasteiger charge is 2.35. The molecule has 102 valence electrons. The van der Waals surface area contributed by atoms with Crippen molar-refractivity contribution in [3.05, 3.63) is 0 Å². The van der Waals surface area contributed by atoms with Crippen molar-refractivity contribution in [2.75, 3.05) is 6.54 Å². The smallest absolute Gasteiger partial charge is 0.0149 e. The molecule has 1 fully saturated rings. The van der Waals surface area contributed by atoms with Crippen molar-refractivity contribution in [3.63, 3.8) is 0 Å². The highest BCUT2D eigenvalue weighted by atomic mass is 15.2. The SMILES string of the molecule is CC(C)(C)C1CCCCCCCN1C(C)(C)C. The Morgan fingerprint density at radius 3 is 1.82 bits per heavy atom. The Morgan fingerprint density at radius 1 is 0.765 bits per heavy atom. The predicted octanol–water partition coefficient (Wildman–Crippen LogP) is 4.86. The Hall–Kier alpha value is -0.0400. The quantitative estimate of drug-likeness (QED) is 0.584. The van der Waals surface area contributed by atoms with Crippen molar-refractivity contribution < 1.29 is 0 Å². The molecular formula is C16H33N. The van der Waals surface area contributed by atoms with E-state index in [4.69, 9.17) is 0 Å². The van der Waals surface area contributed by atoms with Gasteiger partial charge in [0.1, 0.15) is 0 Å². The van der Waals surface area contributed by atoms with Gasteiger partial charge in [0.15, 0.2) is 0 Å². The lowest BCUT2D eigenvalue weighted by Gasteiger charge is -2.47. The predicted molar refractivity (Wildman–Crippen MR) is 77.4 cm³/mol. The van der Waals surface area contributed by atoms with Crippen LogP contribution in [0.15, 0.2) is 0 Å². The molecule has 1 heteroatoms. The van der Waals surface area contributed by atoms with Crippen molar-refractivity contribution in [2.24, 2.45) is 5.41 Å². The molecule has 0 aliphatic carbocycles. The maximum atomic E-state index is 2.78. The molecule has 1 saturated heterocycles. The van der Waals surface area contributed by atoms with Gasteiger partial charge in [-0.15, -0.1) is 0 Å². The topological polar surface area (TPSA) is 3.24 Å². The first-order valence-electron chi connectivity index (χ1n) is 7.49. The van der Waals surface area contributed by atoms with Crippen LogP contribution in [0.5, 0.6) is 0 Å². The van der Waals surface area contributed by atoms with Crippen molar-refractivity contribution >= 4 is 0 Å². The first-order valence-corrected chi connectivity index (χ1v) is 7.49. The molecule has 1 rings (SSSR count). The molecule has 1 aliphatic rings. The summed E-state index contributed by atoms with van der Waals surface area (Å²) in [6.45, 7) is 15.7. The summed E-state index contributed by atoms with van der Waals surface area (Å²) in [5.74, 6) is 0. The highest BCUT2D eigenvalue weighted by Crippen LogP contribution is 2.34. The van der Waals surface area contributed by atoms with Crippen LogP contribution in [-0.4, -0.2) is 23.0 Å². The number of hydrogen-bond acceptors (Lipinski definition) is 1. The summed E-state index contributed by atoms with van der Waals surface area (Å²) in [6, 6.07) is 0.737. The molecule has 0 saturated carbocycles. The van der Waals surface area contributed by atoms with Crippen LogP contribution >= 0.6 is 0 Å². The van der Waals surface area contributed by atoms with Gasteiger partial charge in [0.2, 0.25) is 0 Å². The maximum Gasteiger partial charge on any atom is 0.0149 e. The normalized spacial score (nSPS) is 26.1. The van der Waals surface area contributed by atoms with Crippen LogP contribution in [0.1, 0.15) is 80.1 Å². The molecule has 0 radical (unpaired) electrons. The second kappa shape index (κ2) is 5.73. The molecule has 0 aromatic rings. The Morgan fingerprint density at radius 2 is 1.29 bits per heavy atom. The molecule has 0 aromatic carbocycles. The molecule has 0 aromatic heterocycles. The van der Waals surface area contributed by atoms with Crippen molar-refractivity contribution in [1.82, 2.24) is 4.90 Å². The summed E-state index contributed by atoms with van der Waals surface area (Å²) < 4.78 is 0. The van der Waals surface area contributed by atoms with Crippen LogP contribution in [0.2, 0.25) is 0 Å². The summed E-state index contributed by atoms with van der Waals surface area (Å²) in [6.07, 6.45) is 8.46. The maximum absolute atomic E-state index is 2.78. The van der Waals surface area contributed by atoms with E-state index >= 15 is 0 Å². The summed E-state index contributed by atoms with van der Waals surface area (Å²) in [5, 5.41) is 0. The van der Waals surface area contributed by atoms with Crippen molar-refractivity contribution in [3.8, 4) is 0 Å². The van der Waals surface area contributed by atoms with Gasteiger partial charge in [-0.2, -0.15) is 0 Å². The summed E-state index contributed by atoms with van der Waals surface area (Å²) in [5.41, 5.74) is 0.708. The third-order valence-corrected chi connectivity index (χ3v) is 4.11. The highest BCUT2D eigenvalue weighted by molar-refractivity contribution is 4.90. The van der Waals surface area contributed by atoms with E-state index in [1.165, 1.54) is 45.1 Å². The minimum absolute atomic E-state index is 0.308. The third-order valence-electron chi connectivity index (χ3n) is 4.11. The largest absolute Gasteiger partial charge is 0.295 e. The van der Waals surface area contributed by atoms with E-state index in [1.807, 2.05) is 0 Å². The minimum atomic E-state index is 0.308. The fourth-order valence-electron chi connectivity index (χ4n) is 3.17. The molecule has 1 nitrogen and oxygen atoms in total. The molecule has 0 bridgehead atoms. The van der Waals surface area contributed by atoms with E-state index in [9.17, 15) is 0 Å². The monoisotopic (exact) mass is 239 g/mol. The Bertz CT molecular complexity index is 195. The summed E-state index contributed by atoms with van der Waals surface area (Å²) in [4.78, 5) is 2.78. The van der Waals surface area contributed by atoms with Gasteiger partial charge in [-0.3, -0.25) is 4.90 Å². The van der Waals surface area contributed by atoms with Crippen molar-refractivity contribution in [2.45, 2.75) is 91.6 Å². The van der Waals surface area contributed by atoms with Gasteiger partial charge < -0.3 is 0 Å². The average Bonchev–Trinajstić information content (AvgIpc) is 2.25. The molecule has 0 N–H and O–H groups in total. The Labute approximate surface area is 109 Å². The zero-order valence-electron chi connectivity index (χ0n) is 13.0. The van der Waals surface area contributed by atoms with E-state index in [0.29, 0.717) is 11.0 Å². The molecule has 1 atom stereocenters. The lowest BCUT2D eigenvalue weighted by atomic mass is 9.80. The lowest BCUT2D eigenvalue weighted by molar-refractivity contribution is 0.0167. The molecule has 1 unspecified atom stereocenters. The molecular weight excluding hydrogens is 206 g/mol. The Kier molecular flexibility index (Phi) is 5.07. The standard InChI is InChI=1S/C16H33N/c1-15(2,3)14-12-10-8-7-9-11-13-17(14)16(4,5)6/h14H,7-13H2,1-6H3. The van der Waals surface area contributed by atoms with E-state index < -0.39 is 0 Å². The van der Waals surface area contributed by atoms with Gasteiger partial charge in [0, 0.05) is 11.6 Å². The van der Waals surface area contributed by atoms with Gasteiger partial charge in [-0.05, 0) is 45.6 Å². The Balaban J connectivity index is 2.88. The fourth-order valence-corrected chi connectivity index (χ4v) is 3.17. The van der Waals surface area contributed by atoms with Gasteiger partial charge in [-0.1, -0.05) is 46.5 Å². The zero-order chi connectivity index (χ0) is 13.1. The molecule has 17 heavy (non-hydrogen) atoms. The molecule has 0 amide bonds. The van der Waals surface area contributed by atoms with Crippen LogP contribution in [0, 0.1) is 5.41 Å². The number of rotatable bonds is 0. The zero-order valence-corrected chi connectivity index (χ0v) is 13.0.